The molecule has 8 rings (SSSR count). The molecule has 3 N–H and O–H groups in total. The molecule has 224 valence electrons. The van der Waals surface area contributed by atoms with Crippen LogP contribution in [0, 0.1) is 35.4 Å². The Morgan fingerprint density at radius 2 is 1.79 bits per heavy atom. The summed E-state index contributed by atoms with van der Waals surface area (Å²) in [5.41, 5.74) is 0.819. The third-order valence-corrected chi connectivity index (χ3v) is 12.7. The molecule has 10 nitrogen and oxygen atoms in total. The number of halogens is 1. The van der Waals surface area contributed by atoms with Crippen molar-refractivity contribution in [3.63, 3.8) is 0 Å². The molecular formula is C28H31FN4O6S3. The lowest BCUT2D eigenvalue weighted by Gasteiger charge is -2.45. The van der Waals surface area contributed by atoms with Crippen LogP contribution < -0.4 is 10.0 Å². The molecule has 42 heavy (non-hydrogen) atoms. The van der Waals surface area contributed by atoms with E-state index in [1.807, 2.05) is 0 Å². The van der Waals surface area contributed by atoms with E-state index in [9.17, 15) is 31.1 Å². The monoisotopic (exact) mass is 634 g/mol. The van der Waals surface area contributed by atoms with Gasteiger partial charge in [-0.3, -0.25) is 4.79 Å². The summed E-state index contributed by atoms with van der Waals surface area (Å²) >= 11 is 1.06. The number of fused-ring (bicyclic) bond motifs is 1. The number of carbonyl (C=O) groups excluding carboxylic acids is 1. The highest BCUT2D eigenvalue weighted by atomic mass is 32.2. The molecule has 0 radical (unpaired) electrons. The van der Waals surface area contributed by atoms with Gasteiger partial charge in [0, 0.05) is 30.6 Å². The third kappa shape index (κ3) is 4.76. The molecule has 2 unspecified atom stereocenters. The number of anilines is 1. The Labute approximate surface area is 247 Å². The summed E-state index contributed by atoms with van der Waals surface area (Å²) < 4.78 is 70.1. The summed E-state index contributed by atoms with van der Waals surface area (Å²) in [6, 6.07) is 5.73. The number of benzene rings is 1. The Morgan fingerprint density at radius 3 is 2.45 bits per heavy atom. The van der Waals surface area contributed by atoms with Gasteiger partial charge in [0.1, 0.15) is 27.0 Å². The number of hydrogen-bond acceptors (Lipinski definition) is 8. The van der Waals surface area contributed by atoms with Crippen LogP contribution in [0.2, 0.25) is 0 Å². The maximum atomic E-state index is 14.3. The minimum absolute atomic E-state index is 0.112. The largest absolute Gasteiger partial charge is 0.511 e. The van der Waals surface area contributed by atoms with Gasteiger partial charge in [-0.1, -0.05) is 12.1 Å². The second-order valence-corrected chi connectivity index (χ2v) is 16.6. The number of carbonyl (C=O) groups is 1. The molecule has 6 aliphatic rings. The van der Waals surface area contributed by atoms with Gasteiger partial charge >= 0.3 is 0 Å². The zero-order valence-electron chi connectivity index (χ0n) is 22.8. The molecule has 2 aliphatic heterocycles. The van der Waals surface area contributed by atoms with E-state index in [0.717, 1.165) is 48.8 Å². The fraction of sp³-hybridized carbons (Fsp3) is 0.500. The molecule has 2 aromatic rings. The average Bonchev–Trinajstić information content (AvgIpc) is 3.24. The van der Waals surface area contributed by atoms with Crippen LogP contribution in [-0.2, 0) is 37.9 Å². The molecule has 4 aliphatic carbocycles. The molecular weight excluding hydrogens is 604 g/mol. The van der Waals surface area contributed by atoms with Crippen molar-refractivity contribution in [2.24, 2.45) is 34.0 Å². The molecule has 0 spiro atoms. The molecule has 3 heterocycles. The van der Waals surface area contributed by atoms with E-state index in [1.54, 1.807) is 17.0 Å². The quantitative estimate of drug-likeness (QED) is 0.439. The number of hydrogen-bond donors (Lipinski definition) is 3. The van der Waals surface area contributed by atoms with Crippen LogP contribution in [0.4, 0.5) is 9.39 Å². The smallest absolute Gasteiger partial charge is 0.287 e. The first-order valence-electron chi connectivity index (χ1n) is 14.0. The molecule has 1 amide bonds. The summed E-state index contributed by atoms with van der Waals surface area (Å²) in [6.45, 7) is -0.0366. The number of sulfonamides is 2. The van der Waals surface area contributed by atoms with Crippen LogP contribution in [0.1, 0.15) is 43.2 Å². The van der Waals surface area contributed by atoms with E-state index in [1.165, 1.54) is 23.9 Å². The lowest BCUT2D eigenvalue weighted by atomic mass is 9.67. The van der Waals surface area contributed by atoms with E-state index >= 15 is 0 Å². The van der Waals surface area contributed by atoms with Crippen molar-refractivity contribution >= 4 is 48.1 Å². The maximum Gasteiger partial charge on any atom is 0.287 e. The first-order valence-corrected chi connectivity index (χ1v) is 18.2. The normalized spacial score (nSPS) is 31.3. The summed E-state index contributed by atoms with van der Waals surface area (Å²) in [4.78, 5) is 15.9. The molecule has 1 aromatic carbocycles. The number of amidine groups is 1. The minimum atomic E-state index is -4.34. The number of rotatable bonds is 6. The standard InChI is InChI=1S/C28H31FN4O6S3/c1-41(36,37)30-11-19-13-40-27-25(19)42(38,39)32-26(31-27)22-24(34)21-17-7-15-6-16(8-17)10-18(9-15)23(21)33(28(22)35)12-14-2-4-20(29)5-3-14/h2-5,13,15-18,21,23,30,34H,6-12H2,1H3,(H,31,32)/t15?,16?,17?,18?,21-,23+/m1/s1. The van der Waals surface area contributed by atoms with E-state index in [4.69, 9.17) is 0 Å². The molecule has 4 saturated carbocycles. The number of nitrogens with zero attached hydrogens (tertiary/aromatic N) is 2. The van der Waals surface area contributed by atoms with Gasteiger partial charge in [0.2, 0.25) is 10.0 Å². The van der Waals surface area contributed by atoms with Crippen molar-refractivity contribution in [1.29, 1.82) is 0 Å². The summed E-state index contributed by atoms with van der Waals surface area (Å²) in [7, 11) is -7.91. The van der Waals surface area contributed by atoms with E-state index in [0.29, 0.717) is 11.8 Å². The first kappa shape index (κ1) is 28.0. The Kier molecular flexibility index (Phi) is 6.57. The zero-order chi connectivity index (χ0) is 29.6. The molecule has 4 fully saturated rings. The van der Waals surface area contributed by atoms with Crippen molar-refractivity contribution in [3.05, 3.63) is 57.9 Å². The van der Waals surface area contributed by atoms with Gasteiger partial charge in [-0.15, -0.1) is 15.7 Å². The highest BCUT2D eigenvalue weighted by Gasteiger charge is 2.56. The molecule has 1 aromatic heterocycles. The summed E-state index contributed by atoms with van der Waals surface area (Å²) in [5.74, 6) is -0.167. The van der Waals surface area contributed by atoms with E-state index in [-0.39, 0.29) is 75.3 Å². The van der Waals surface area contributed by atoms with E-state index in [2.05, 4.69) is 14.4 Å². The Bertz CT molecular complexity index is 1740. The number of nitrogens with one attached hydrogen (secondary N) is 2. The number of thiophene rings is 1. The average molecular weight is 635 g/mol. The van der Waals surface area contributed by atoms with Crippen LogP contribution in [0.3, 0.4) is 0 Å². The van der Waals surface area contributed by atoms with Gasteiger partial charge in [-0.05, 0) is 78.9 Å². The van der Waals surface area contributed by atoms with Gasteiger partial charge in [0.05, 0.1) is 6.26 Å². The summed E-state index contributed by atoms with van der Waals surface area (Å²) in [5, 5.41) is 16.6. The van der Waals surface area contributed by atoms with Gasteiger partial charge in [-0.25, -0.2) is 17.5 Å². The van der Waals surface area contributed by atoms with Crippen molar-refractivity contribution in [2.75, 3.05) is 11.6 Å². The van der Waals surface area contributed by atoms with Gasteiger partial charge in [0.15, 0.2) is 5.84 Å². The third-order valence-electron chi connectivity index (χ3n) is 9.52. The topological polar surface area (TPSA) is 145 Å². The SMILES string of the molecule is CS(=O)(=O)NCc1csc2c1S(=O)(=O)N=C(C1=C(O)[C@@H]3C4CC5CC(C4)CC(C5)[C@@H]3N(Cc3ccc(F)cc3)C1=O)N2. The van der Waals surface area contributed by atoms with Crippen LogP contribution in [0.25, 0.3) is 0 Å². The molecule has 14 heteroatoms. The maximum absolute atomic E-state index is 14.3. The number of aliphatic hydroxyl groups excluding tert-OH is 1. The minimum Gasteiger partial charge on any atom is -0.511 e. The number of aliphatic hydroxyl groups is 1. The Morgan fingerprint density at radius 1 is 1.12 bits per heavy atom. The van der Waals surface area contributed by atoms with Crippen molar-refractivity contribution in [2.45, 2.75) is 56.1 Å². The molecule has 0 saturated heterocycles. The Hall–Kier alpha value is -2.81. The lowest BCUT2D eigenvalue weighted by Crippen LogP contribution is -2.55. The zero-order valence-corrected chi connectivity index (χ0v) is 25.2. The molecule has 4 bridgehead atoms. The highest BCUT2D eigenvalue weighted by Crippen LogP contribution is 2.57. The van der Waals surface area contributed by atoms with Crippen molar-refractivity contribution in [3.8, 4) is 0 Å². The lowest BCUT2D eigenvalue weighted by molar-refractivity contribution is -0.135. The fourth-order valence-electron chi connectivity index (χ4n) is 8.16. The van der Waals surface area contributed by atoms with Crippen LogP contribution in [0.5, 0.6) is 0 Å². The Balaban J connectivity index is 1.31. The first-order chi connectivity index (χ1) is 19.9. The fourth-order valence-corrected chi connectivity index (χ4v) is 11.2. The predicted octanol–water partition coefficient (Wildman–Crippen LogP) is 3.74. The number of amides is 1. The van der Waals surface area contributed by atoms with E-state index < -0.39 is 26.0 Å². The van der Waals surface area contributed by atoms with Gasteiger partial charge in [-0.2, -0.15) is 8.42 Å². The second-order valence-electron chi connectivity index (χ2n) is 12.3. The van der Waals surface area contributed by atoms with Crippen molar-refractivity contribution < 1.29 is 31.1 Å². The highest BCUT2D eigenvalue weighted by molar-refractivity contribution is 7.91. The van der Waals surface area contributed by atoms with Crippen LogP contribution >= 0.6 is 11.3 Å². The summed E-state index contributed by atoms with van der Waals surface area (Å²) in [6.07, 6.45) is 6.03. The molecule has 4 atom stereocenters. The van der Waals surface area contributed by atoms with Crippen molar-refractivity contribution in [1.82, 2.24) is 9.62 Å². The van der Waals surface area contributed by atoms with Crippen LogP contribution in [0.15, 0.2) is 50.3 Å². The van der Waals surface area contributed by atoms with Gasteiger partial charge < -0.3 is 15.3 Å². The van der Waals surface area contributed by atoms with Crippen LogP contribution in [-0.4, -0.2) is 50.9 Å². The second kappa shape index (κ2) is 9.86. The van der Waals surface area contributed by atoms with Gasteiger partial charge in [0.25, 0.3) is 15.9 Å². The predicted molar refractivity (Wildman–Crippen MR) is 155 cm³/mol.